The van der Waals surface area contributed by atoms with Crippen LogP contribution in [0.15, 0.2) is 12.7 Å². The molecule has 0 saturated carbocycles. The van der Waals surface area contributed by atoms with E-state index in [9.17, 15) is 0 Å². The Labute approximate surface area is 70.9 Å². The van der Waals surface area contributed by atoms with Crippen LogP contribution in [0.3, 0.4) is 0 Å². The fraction of sp³-hybridized carbons (Fsp3) is 0.800. The van der Waals surface area contributed by atoms with Crippen LogP contribution in [0.25, 0.3) is 0 Å². The summed E-state index contributed by atoms with van der Waals surface area (Å²) in [6, 6.07) is 0. The molecule has 1 N–H and O–H groups in total. The van der Waals surface area contributed by atoms with Crippen LogP contribution in [0.4, 0.5) is 0 Å². The SMILES string of the molecule is C=CC(C)(CC)CNCCC. The predicted octanol–water partition coefficient (Wildman–Crippen LogP) is 2.59. The molecule has 0 radical (unpaired) electrons. The van der Waals surface area contributed by atoms with E-state index in [2.05, 4.69) is 38.7 Å². The van der Waals surface area contributed by atoms with E-state index in [0.717, 1.165) is 19.5 Å². The van der Waals surface area contributed by atoms with Crippen LogP contribution < -0.4 is 5.32 Å². The lowest BCUT2D eigenvalue weighted by Crippen LogP contribution is -2.30. The van der Waals surface area contributed by atoms with Gasteiger partial charge in [0.2, 0.25) is 0 Å². The fourth-order valence-electron chi connectivity index (χ4n) is 0.892. The molecule has 0 aromatic heterocycles. The maximum absolute atomic E-state index is 3.84. The molecule has 66 valence electrons. The van der Waals surface area contributed by atoms with Gasteiger partial charge in [-0.25, -0.2) is 0 Å². The van der Waals surface area contributed by atoms with E-state index in [0.29, 0.717) is 0 Å². The van der Waals surface area contributed by atoms with Gasteiger partial charge in [-0.2, -0.15) is 0 Å². The Kier molecular flexibility index (Phi) is 5.22. The van der Waals surface area contributed by atoms with Gasteiger partial charge < -0.3 is 5.32 Å². The average Bonchev–Trinajstić information content (AvgIpc) is 2.05. The van der Waals surface area contributed by atoms with Crippen LogP contribution in [0.1, 0.15) is 33.6 Å². The summed E-state index contributed by atoms with van der Waals surface area (Å²) in [5.41, 5.74) is 0.287. The normalized spacial score (nSPS) is 15.9. The molecule has 0 amide bonds. The van der Waals surface area contributed by atoms with E-state index < -0.39 is 0 Å². The minimum absolute atomic E-state index is 0.287. The van der Waals surface area contributed by atoms with Crippen molar-refractivity contribution in [2.45, 2.75) is 33.6 Å². The van der Waals surface area contributed by atoms with Crippen LogP contribution in [0.2, 0.25) is 0 Å². The highest BCUT2D eigenvalue weighted by Crippen LogP contribution is 2.20. The second-order valence-corrected chi connectivity index (χ2v) is 3.39. The quantitative estimate of drug-likeness (QED) is 0.459. The minimum Gasteiger partial charge on any atom is -0.316 e. The highest BCUT2D eigenvalue weighted by atomic mass is 14.9. The summed E-state index contributed by atoms with van der Waals surface area (Å²) in [7, 11) is 0. The molecule has 0 bridgehead atoms. The Balaban J connectivity index is 3.60. The largest absolute Gasteiger partial charge is 0.316 e. The minimum atomic E-state index is 0.287. The van der Waals surface area contributed by atoms with Crippen LogP contribution in [0.5, 0.6) is 0 Å². The molecule has 0 fully saturated rings. The maximum atomic E-state index is 3.84. The Morgan fingerprint density at radius 2 is 2.09 bits per heavy atom. The van der Waals surface area contributed by atoms with Gasteiger partial charge in [-0.05, 0) is 24.8 Å². The molecule has 1 heteroatoms. The molecule has 0 heterocycles. The molecular weight excluding hydrogens is 134 g/mol. The summed E-state index contributed by atoms with van der Waals surface area (Å²) >= 11 is 0. The van der Waals surface area contributed by atoms with Gasteiger partial charge >= 0.3 is 0 Å². The van der Waals surface area contributed by atoms with Crippen molar-refractivity contribution >= 4 is 0 Å². The summed E-state index contributed by atoms with van der Waals surface area (Å²) in [6.07, 6.45) is 4.42. The molecule has 0 aliphatic carbocycles. The van der Waals surface area contributed by atoms with Crippen molar-refractivity contribution in [1.29, 1.82) is 0 Å². The Bertz CT molecular complexity index is 109. The lowest BCUT2D eigenvalue weighted by atomic mass is 9.88. The smallest absolute Gasteiger partial charge is 0.00396 e. The first kappa shape index (κ1) is 10.7. The molecule has 11 heavy (non-hydrogen) atoms. The van der Waals surface area contributed by atoms with Gasteiger partial charge in [0.05, 0.1) is 0 Å². The molecule has 1 nitrogen and oxygen atoms in total. The van der Waals surface area contributed by atoms with E-state index in [-0.39, 0.29) is 5.41 Å². The zero-order chi connectivity index (χ0) is 8.74. The number of nitrogens with one attached hydrogen (secondary N) is 1. The van der Waals surface area contributed by atoms with Crippen molar-refractivity contribution in [3.05, 3.63) is 12.7 Å². The highest BCUT2D eigenvalue weighted by Gasteiger charge is 2.15. The summed E-state index contributed by atoms with van der Waals surface area (Å²) in [5, 5.41) is 3.41. The van der Waals surface area contributed by atoms with Gasteiger partial charge in [0.15, 0.2) is 0 Å². The summed E-state index contributed by atoms with van der Waals surface area (Å²) < 4.78 is 0. The third kappa shape index (κ3) is 4.20. The van der Waals surface area contributed by atoms with Crippen molar-refractivity contribution in [2.24, 2.45) is 5.41 Å². The fourth-order valence-corrected chi connectivity index (χ4v) is 0.892. The van der Waals surface area contributed by atoms with E-state index >= 15 is 0 Å². The van der Waals surface area contributed by atoms with Crippen molar-refractivity contribution in [3.63, 3.8) is 0 Å². The summed E-state index contributed by atoms with van der Waals surface area (Å²) in [4.78, 5) is 0. The van der Waals surface area contributed by atoms with Crippen LogP contribution >= 0.6 is 0 Å². The van der Waals surface area contributed by atoms with Crippen molar-refractivity contribution in [2.75, 3.05) is 13.1 Å². The molecular formula is C10H21N. The molecule has 0 aliphatic heterocycles. The Morgan fingerprint density at radius 3 is 2.45 bits per heavy atom. The predicted molar refractivity (Wildman–Crippen MR) is 51.8 cm³/mol. The van der Waals surface area contributed by atoms with Crippen molar-refractivity contribution in [3.8, 4) is 0 Å². The molecule has 0 rings (SSSR count). The molecule has 0 aromatic rings. The van der Waals surface area contributed by atoms with Gasteiger partial charge in [0.1, 0.15) is 0 Å². The molecule has 0 saturated heterocycles. The van der Waals surface area contributed by atoms with Crippen LogP contribution in [0, 0.1) is 5.41 Å². The summed E-state index contributed by atoms with van der Waals surface area (Å²) in [6.45, 7) is 12.6. The van der Waals surface area contributed by atoms with Gasteiger partial charge in [0, 0.05) is 6.54 Å². The molecule has 0 aromatic carbocycles. The van der Waals surface area contributed by atoms with Crippen LogP contribution in [-0.2, 0) is 0 Å². The number of hydrogen-bond acceptors (Lipinski definition) is 1. The lowest BCUT2D eigenvalue weighted by Gasteiger charge is -2.24. The number of rotatable bonds is 6. The third-order valence-corrected chi connectivity index (χ3v) is 2.26. The van der Waals surface area contributed by atoms with E-state index in [1.54, 1.807) is 0 Å². The zero-order valence-electron chi connectivity index (χ0n) is 8.11. The Hall–Kier alpha value is -0.300. The topological polar surface area (TPSA) is 12.0 Å². The standard InChI is InChI=1S/C10H21N/c1-5-8-11-9-10(4,6-2)7-3/h6,11H,2,5,7-9H2,1,3-4H3. The van der Waals surface area contributed by atoms with Crippen LogP contribution in [-0.4, -0.2) is 13.1 Å². The maximum Gasteiger partial charge on any atom is 0.00396 e. The first-order valence-electron chi connectivity index (χ1n) is 4.53. The third-order valence-electron chi connectivity index (χ3n) is 2.26. The van der Waals surface area contributed by atoms with Crippen molar-refractivity contribution in [1.82, 2.24) is 5.32 Å². The average molecular weight is 155 g/mol. The zero-order valence-corrected chi connectivity index (χ0v) is 8.11. The molecule has 1 unspecified atom stereocenters. The monoisotopic (exact) mass is 155 g/mol. The van der Waals surface area contributed by atoms with E-state index in [1.807, 2.05) is 0 Å². The van der Waals surface area contributed by atoms with Crippen molar-refractivity contribution < 1.29 is 0 Å². The Morgan fingerprint density at radius 1 is 1.45 bits per heavy atom. The second-order valence-electron chi connectivity index (χ2n) is 3.39. The van der Waals surface area contributed by atoms with Gasteiger partial charge in [0.25, 0.3) is 0 Å². The molecule has 0 aliphatic rings. The highest BCUT2D eigenvalue weighted by molar-refractivity contribution is 4.91. The van der Waals surface area contributed by atoms with E-state index in [4.69, 9.17) is 0 Å². The lowest BCUT2D eigenvalue weighted by molar-refractivity contribution is 0.381. The first-order chi connectivity index (χ1) is 5.18. The molecule has 1 atom stereocenters. The van der Waals surface area contributed by atoms with Gasteiger partial charge in [-0.1, -0.05) is 26.8 Å². The summed E-state index contributed by atoms with van der Waals surface area (Å²) in [5.74, 6) is 0. The number of hydrogen-bond donors (Lipinski definition) is 1. The first-order valence-corrected chi connectivity index (χ1v) is 4.53. The van der Waals surface area contributed by atoms with Gasteiger partial charge in [-0.15, -0.1) is 6.58 Å². The van der Waals surface area contributed by atoms with Gasteiger partial charge in [-0.3, -0.25) is 0 Å². The second kappa shape index (κ2) is 5.36. The molecule has 0 spiro atoms. The van der Waals surface area contributed by atoms with E-state index in [1.165, 1.54) is 6.42 Å².